The molecule has 1 aliphatic carbocycles. The van der Waals surface area contributed by atoms with E-state index in [9.17, 15) is 9.90 Å². The third-order valence-electron chi connectivity index (χ3n) is 5.46. The molecule has 1 N–H and O–H groups in total. The molecule has 3 nitrogen and oxygen atoms in total. The summed E-state index contributed by atoms with van der Waals surface area (Å²) < 4.78 is 5.62. The van der Waals surface area contributed by atoms with Gasteiger partial charge in [-0.1, -0.05) is 72.1 Å². The SMILES string of the molecule is CCCCCCCCCC[C@@H]1CC(O)OC2=C1C(=O)CC(C)(C)C2. The van der Waals surface area contributed by atoms with Gasteiger partial charge in [0.15, 0.2) is 12.1 Å². The average molecular weight is 337 g/mol. The van der Waals surface area contributed by atoms with Crippen molar-refractivity contribution in [2.45, 2.75) is 104 Å². The molecule has 1 heterocycles. The highest BCUT2D eigenvalue weighted by molar-refractivity contribution is 5.97. The summed E-state index contributed by atoms with van der Waals surface area (Å²) in [5.41, 5.74) is 0.860. The van der Waals surface area contributed by atoms with E-state index >= 15 is 0 Å². The highest BCUT2D eigenvalue weighted by atomic mass is 16.6. The second kappa shape index (κ2) is 9.03. The summed E-state index contributed by atoms with van der Waals surface area (Å²) in [5, 5.41) is 10.0. The zero-order valence-corrected chi connectivity index (χ0v) is 15.9. The molecule has 2 atom stereocenters. The summed E-state index contributed by atoms with van der Waals surface area (Å²) in [6.45, 7) is 6.46. The zero-order chi connectivity index (χ0) is 17.6. The van der Waals surface area contributed by atoms with Crippen molar-refractivity contribution in [1.82, 2.24) is 0 Å². The fourth-order valence-corrected chi connectivity index (χ4v) is 4.20. The van der Waals surface area contributed by atoms with Gasteiger partial charge in [0.25, 0.3) is 0 Å². The second-order valence-electron chi connectivity index (χ2n) is 8.55. The predicted molar refractivity (Wildman–Crippen MR) is 97.5 cm³/mol. The van der Waals surface area contributed by atoms with Crippen LogP contribution in [0.25, 0.3) is 0 Å². The van der Waals surface area contributed by atoms with Crippen molar-refractivity contribution in [2.24, 2.45) is 11.3 Å². The summed E-state index contributed by atoms with van der Waals surface area (Å²) in [6.07, 6.45) is 12.6. The van der Waals surface area contributed by atoms with Crippen LogP contribution in [0.3, 0.4) is 0 Å². The number of hydrogen-bond donors (Lipinski definition) is 1. The van der Waals surface area contributed by atoms with E-state index in [0.29, 0.717) is 12.8 Å². The molecule has 0 bridgehead atoms. The van der Waals surface area contributed by atoms with E-state index in [0.717, 1.165) is 30.6 Å². The first-order chi connectivity index (χ1) is 11.4. The monoisotopic (exact) mass is 336 g/mol. The number of unbranched alkanes of at least 4 members (excludes halogenated alkanes) is 7. The van der Waals surface area contributed by atoms with Gasteiger partial charge in [-0.05, 0) is 17.8 Å². The van der Waals surface area contributed by atoms with Gasteiger partial charge in [0, 0.05) is 24.8 Å². The summed E-state index contributed by atoms with van der Waals surface area (Å²) in [7, 11) is 0. The lowest BCUT2D eigenvalue weighted by molar-refractivity contribution is -0.127. The number of carbonyl (C=O) groups is 1. The van der Waals surface area contributed by atoms with Crippen LogP contribution in [0.5, 0.6) is 0 Å². The molecular formula is C21H36O3. The third-order valence-corrected chi connectivity index (χ3v) is 5.46. The number of ether oxygens (including phenoxy) is 1. The van der Waals surface area contributed by atoms with Crippen LogP contribution in [0.1, 0.15) is 97.8 Å². The highest BCUT2D eigenvalue weighted by Gasteiger charge is 2.40. The van der Waals surface area contributed by atoms with E-state index in [1.165, 1.54) is 44.9 Å². The molecule has 138 valence electrons. The Morgan fingerprint density at radius 2 is 1.67 bits per heavy atom. The molecule has 24 heavy (non-hydrogen) atoms. The summed E-state index contributed by atoms with van der Waals surface area (Å²) >= 11 is 0. The molecule has 0 radical (unpaired) electrons. The van der Waals surface area contributed by atoms with Crippen molar-refractivity contribution >= 4 is 5.78 Å². The minimum Gasteiger partial charge on any atom is -0.469 e. The number of allylic oxidation sites excluding steroid dienone is 2. The molecule has 2 rings (SSSR count). The Balaban J connectivity index is 1.80. The molecule has 0 aromatic heterocycles. The van der Waals surface area contributed by atoms with Crippen LogP contribution in [-0.4, -0.2) is 17.2 Å². The number of aliphatic hydroxyl groups is 1. The average Bonchev–Trinajstić information content (AvgIpc) is 2.47. The van der Waals surface area contributed by atoms with Gasteiger partial charge in [0.2, 0.25) is 0 Å². The first kappa shape index (κ1) is 19.5. The molecule has 0 amide bonds. The molecule has 0 saturated carbocycles. The van der Waals surface area contributed by atoms with Crippen molar-refractivity contribution in [3.05, 3.63) is 11.3 Å². The van der Waals surface area contributed by atoms with Crippen molar-refractivity contribution < 1.29 is 14.6 Å². The second-order valence-corrected chi connectivity index (χ2v) is 8.55. The topological polar surface area (TPSA) is 46.5 Å². The lowest BCUT2D eigenvalue weighted by atomic mass is 9.71. The smallest absolute Gasteiger partial charge is 0.197 e. The fourth-order valence-electron chi connectivity index (χ4n) is 4.20. The van der Waals surface area contributed by atoms with Crippen LogP contribution >= 0.6 is 0 Å². The number of Topliss-reactive ketones (excluding diaryl/α,β-unsaturated/α-hetero) is 1. The summed E-state index contributed by atoms with van der Waals surface area (Å²) in [5.74, 6) is 1.23. The lowest BCUT2D eigenvalue weighted by Gasteiger charge is -2.39. The maximum Gasteiger partial charge on any atom is 0.197 e. The van der Waals surface area contributed by atoms with E-state index in [-0.39, 0.29) is 17.1 Å². The van der Waals surface area contributed by atoms with E-state index in [4.69, 9.17) is 4.74 Å². The molecule has 0 fully saturated rings. The van der Waals surface area contributed by atoms with Gasteiger partial charge in [-0.2, -0.15) is 0 Å². The number of carbonyl (C=O) groups excluding carboxylic acids is 1. The van der Waals surface area contributed by atoms with Crippen LogP contribution in [0.15, 0.2) is 11.3 Å². The predicted octanol–water partition coefficient (Wildman–Crippen LogP) is 5.52. The molecule has 1 aliphatic heterocycles. The van der Waals surface area contributed by atoms with Gasteiger partial charge >= 0.3 is 0 Å². The van der Waals surface area contributed by atoms with Crippen LogP contribution in [0, 0.1) is 11.3 Å². The van der Waals surface area contributed by atoms with Crippen LogP contribution in [-0.2, 0) is 9.53 Å². The Morgan fingerprint density at radius 1 is 1.04 bits per heavy atom. The van der Waals surface area contributed by atoms with Crippen LogP contribution in [0.2, 0.25) is 0 Å². The molecule has 0 saturated heterocycles. The highest BCUT2D eigenvalue weighted by Crippen LogP contribution is 2.44. The van der Waals surface area contributed by atoms with Gasteiger partial charge in [-0.25, -0.2) is 0 Å². The number of aliphatic hydroxyl groups excluding tert-OH is 1. The zero-order valence-electron chi connectivity index (χ0n) is 15.9. The first-order valence-electron chi connectivity index (χ1n) is 10.0. The maximum atomic E-state index is 12.6. The Bertz CT molecular complexity index is 450. The van der Waals surface area contributed by atoms with Gasteiger partial charge in [0.05, 0.1) is 0 Å². The lowest BCUT2D eigenvalue weighted by Crippen LogP contribution is -2.36. The Kier molecular flexibility index (Phi) is 7.34. The van der Waals surface area contributed by atoms with Crippen molar-refractivity contribution in [1.29, 1.82) is 0 Å². The Labute approximate surface area is 147 Å². The van der Waals surface area contributed by atoms with Crippen molar-refractivity contribution in [3.8, 4) is 0 Å². The summed E-state index contributed by atoms with van der Waals surface area (Å²) in [6, 6.07) is 0. The van der Waals surface area contributed by atoms with E-state index < -0.39 is 6.29 Å². The van der Waals surface area contributed by atoms with Gasteiger partial charge < -0.3 is 9.84 Å². The van der Waals surface area contributed by atoms with Gasteiger partial charge in [0.1, 0.15) is 5.76 Å². The molecular weight excluding hydrogens is 300 g/mol. The van der Waals surface area contributed by atoms with Crippen LogP contribution < -0.4 is 0 Å². The van der Waals surface area contributed by atoms with Crippen molar-refractivity contribution in [3.63, 3.8) is 0 Å². The largest absolute Gasteiger partial charge is 0.469 e. The molecule has 2 aliphatic rings. The molecule has 0 spiro atoms. The number of ketones is 1. The van der Waals surface area contributed by atoms with E-state index in [1.54, 1.807) is 0 Å². The molecule has 0 aromatic carbocycles. The molecule has 3 heteroatoms. The maximum absolute atomic E-state index is 12.6. The van der Waals surface area contributed by atoms with E-state index in [2.05, 4.69) is 20.8 Å². The minimum absolute atomic E-state index is 0.0456. The van der Waals surface area contributed by atoms with Crippen LogP contribution in [0.4, 0.5) is 0 Å². The summed E-state index contributed by atoms with van der Waals surface area (Å²) in [4.78, 5) is 12.6. The quantitative estimate of drug-likeness (QED) is 0.564. The number of hydrogen-bond acceptors (Lipinski definition) is 3. The van der Waals surface area contributed by atoms with E-state index in [1.807, 2.05) is 0 Å². The first-order valence-corrected chi connectivity index (χ1v) is 10.0. The van der Waals surface area contributed by atoms with Crippen molar-refractivity contribution in [2.75, 3.05) is 0 Å². The normalized spacial score (nSPS) is 26.2. The minimum atomic E-state index is -0.732. The molecule has 1 unspecified atom stereocenters. The Morgan fingerprint density at radius 3 is 2.33 bits per heavy atom. The molecule has 0 aromatic rings. The third kappa shape index (κ3) is 5.61. The Hall–Kier alpha value is -0.830. The van der Waals surface area contributed by atoms with Gasteiger partial charge in [-0.15, -0.1) is 0 Å². The number of rotatable bonds is 9. The standard InChI is InChI=1S/C21H36O3/c1-4-5-6-7-8-9-10-11-12-16-13-19(23)24-18-15-21(2,3)14-17(22)20(16)18/h16,19,23H,4-15H2,1-3H3/t16-,19?/m1/s1. The van der Waals surface area contributed by atoms with Gasteiger partial charge in [-0.3, -0.25) is 4.79 Å². The fraction of sp³-hybridized carbons (Fsp3) is 0.857.